The minimum Gasteiger partial charge on any atom is -0.366 e. The molecular weight excluding hydrogens is 242 g/mol. The molecule has 88 valence electrons. The first kappa shape index (κ1) is 11.4. The largest absolute Gasteiger partial charge is 0.366 e. The molecule has 0 aliphatic heterocycles. The highest BCUT2D eigenvalue weighted by Gasteiger charge is 2.12. The zero-order chi connectivity index (χ0) is 12.4. The lowest BCUT2D eigenvalue weighted by atomic mass is 10.2. The number of rotatable bonds is 2. The number of aromatic amines is 1. The average molecular weight is 252 g/mol. The normalized spacial score (nSPS) is 10.2. The Balaban J connectivity index is 2.18. The van der Waals surface area contributed by atoms with Crippen molar-refractivity contribution in [3.8, 4) is 0 Å². The van der Waals surface area contributed by atoms with E-state index in [0.29, 0.717) is 10.7 Å². The summed E-state index contributed by atoms with van der Waals surface area (Å²) in [6, 6.07) is 5.32. The molecule has 1 amide bonds. The molecule has 0 aliphatic carbocycles. The van der Waals surface area contributed by atoms with E-state index in [1.54, 1.807) is 12.1 Å². The second-order valence-electron chi connectivity index (χ2n) is 3.48. The minimum absolute atomic E-state index is 0.0187. The summed E-state index contributed by atoms with van der Waals surface area (Å²) in [4.78, 5) is 15.4. The quantitative estimate of drug-likeness (QED) is 0.755. The zero-order valence-corrected chi connectivity index (χ0v) is 9.75. The molecule has 0 saturated heterocycles. The van der Waals surface area contributed by atoms with Crippen LogP contribution < -0.4 is 11.1 Å². The van der Waals surface area contributed by atoms with Crippen molar-refractivity contribution in [2.24, 2.45) is 0 Å². The van der Waals surface area contributed by atoms with E-state index in [0.717, 1.165) is 5.56 Å². The second kappa shape index (κ2) is 4.42. The second-order valence-corrected chi connectivity index (χ2v) is 3.89. The number of anilines is 2. The topological polar surface area (TPSA) is 96.7 Å². The molecule has 0 bridgehead atoms. The Morgan fingerprint density at radius 2 is 2.29 bits per heavy atom. The molecule has 1 aromatic carbocycles. The molecule has 0 aliphatic rings. The Kier molecular flexibility index (Phi) is 2.97. The van der Waals surface area contributed by atoms with Gasteiger partial charge in [-0.3, -0.25) is 9.89 Å². The van der Waals surface area contributed by atoms with Gasteiger partial charge < -0.3 is 11.1 Å². The maximum atomic E-state index is 11.7. The summed E-state index contributed by atoms with van der Waals surface area (Å²) in [6.07, 6.45) is 0. The van der Waals surface area contributed by atoms with E-state index in [2.05, 4.69) is 20.5 Å². The molecule has 0 spiro atoms. The van der Waals surface area contributed by atoms with Gasteiger partial charge in [-0.2, -0.15) is 4.98 Å². The monoisotopic (exact) mass is 251 g/mol. The summed E-state index contributed by atoms with van der Waals surface area (Å²) in [5.41, 5.74) is 6.82. The van der Waals surface area contributed by atoms with Crippen molar-refractivity contribution in [3.63, 3.8) is 0 Å². The SMILES string of the molecule is Cc1ccc(NC(=O)c2nc(N)n[nH]2)c(Cl)c1. The van der Waals surface area contributed by atoms with E-state index >= 15 is 0 Å². The Labute approximate surface area is 102 Å². The van der Waals surface area contributed by atoms with Crippen LogP contribution in [0.25, 0.3) is 0 Å². The van der Waals surface area contributed by atoms with Gasteiger partial charge in [-0.15, -0.1) is 5.10 Å². The van der Waals surface area contributed by atoms with Gasteiger partial charge in [0.05, 0.1) is 10.7 Å². The third-order valence-electron chi connectivity index (χ3n) is 2.09. The molecule has 0 saturated carbocycles. The summed E-state index contributed by atoms with van der Waals surface area (Å²) in [5, 5.41) is 9.05. The molecule has 4 N–H and O–H groups in total. The first-order valence-electron chi connectivity index (χ1n) is 4.81. The number of benzene rings is 1. The number of halogens is 1. The molecule has 0 atom stereocenters. The first-order valence-corrected chi connectivity index (χ1v) is 5.19. The van der Waals surface area contributed by atoms with E-state index in [1.165, 1.54) is 0 Å². The van der Waals surface area contributed by atoms with Gasteiger partial charge in [-0.05, 0) is 24.6 Å². The third kappa shape index (κ3) is 2.54. The van der Waals surface area contributed by atoms with Crippen LogP contribution in [0.2, 0.25) is 5.02 Å². The van der Waals surface area contributed by atoms with E-state index in [4.69, 9.17) is 17.3 Å². The Bertz CT molecular complexity index is 566. The van der Waals surface area contributed by atoms with E-state index in [1.807, 2.05) is 13.0 Å². The number of nitrogen functional groups attached to an aromatic ring is 1. The fraction of sp³-hybridized carbons (Fsp3) is 0.100. The molecule has 0 unspecified atom stereocenters. The van der Waals surface area contributed by atoms with Gasteiger partial charge in [0.2, 0.25) is 11.8 Å². The predicted octanol–water partition coefficient (Wildman–Crippen LogP) is 1.60. The standard InChI is InChI=1S/C10H10ClN5O/c1-5-2-3-7(6(11)4-5)13-9(17)8-14-10(12)16-15-8/h2-4H,1H3,(H,13,17)(H3,12,14,15,16). The van der Waals surface area contributed by atoms with Gasteiger partial charge in [0, 0.05) is 0 Å². The van der Waals surface area contributed by atoms with Gasteiger partial charge in [0.1, 0.15) is 0 Å². The smallest absolute Gasteiger partial charge is 0.293 e. The van der Waals surface area contributed by atoms with Crippen molar-refractivity contribution < 1.29 is 4.79 Å². The number of carbonyl (C=O) groups excluding carboxylic acids is 1. The summed E-state index contributed by atoms with van der Waals surface area (Å²) < 4.78 is 0. The van der Waals surface area contributed by atoms with Crippen molar-refractivity contribution >= 4 is 29.1 Å². The fourth-order valence-corrected chi connectivity index (χ4v) is 1.56. The van der Waals surface area contributed by atoms with Crippen LogP contribution in [0.4, 0.5) is 11.6 Å². The fourth-order valence-electron chi connectivity index (χ4n) is 1.28. The summed E-state index contributed by atoms with van der Waals surface area (Å²) in [7, 11) is 0. The van der Waals surface area contributed by atoms with Crippen molar-refractivity contribution in [2.75, 3.05) is 11.1 Å². The van der Waals surface area contributed by atoms with Crippen LogP contribution in [-0.4, -0.2) is 21.1 Å². The lowest BCUT2D eigenvalue weighted by Gasteiger charge is -2.05. The van der Waals surface area contributed by atoms with Crippen LogP contribution >= 0.6 is 11.6 Å². The van der Waals surface area contributed by atoms with Crippen LogP contribution in [0.1, 0.15) is 16.2 Å². The molecule has 2 aromatic rings. The number of hydrogen-bond acceptors (Lipinski definition) is 4. The number of nitrogens with one attached hydrogen (secondary N) is 2. The highest BCUT2D eigenvalue weighted by Crippen LogP contribution is 2.22. The summed E-state index contributed by atoms with van der Waals surface area (Å²) >= 11 is 5.98. The molecule has 7 heteroatoms. The highest BCUT2D eigenvalue weighted by atomic mass is 35.5. The van der Waals surface area contributed by atoms with Crippen LogP contribution in [0.3, 0.4) is 0 Å². The molecule has 1 heterocycles. The van der Waals surface area contributed by atoms with Crippen molar-refractivity contribution in [3.05, 3.63) is 34.6 Å². The van der Waals surface area contributed by atoms with E-state index < -0.39 is 5.91 Å². The molecule has 17 heavy (non-hydrogen) atoms. The Morgan fingerprint density at radius 3 is 2.88 bits per heavy atom. The third-order valence-corrected chi connectivity index (χ3v) is 2.40. The number of aryl methyl sites for hydroxylation is 1. The van der Waals surface area contributed by atoms with Crippen LogP contribution in [0.15, 0.2) is 18.2 Å². The number of hydrogen-bond donors (Lipinski definition) is 3. The van der Waals surface area contributed by atoms with Gasteiger partial charge in [-0.1, -0.05) is 17.7 Å². The van der Waals surface area contributed by atoms with Crippen LogP contribution in [0.5, 0.6) is 0 Å². The van der Waals surface area contributed by atoms with Crippen molar-refractivity contribution in [1.82, 2.24) is 15.2 Å². The number of aromatic nitrogens is 3. The molecular formula is C10H10ClN5O. The van der Waals surface area contributed by atoms with E-state index in [-0.39, 0.29) is 11.8 Å². The number of carbonyl (C=O) groups is 1. The summed E-state index contributed by atoms with van der Waals surface area (Å²) in [5.74, 6) is -0.385. The lowest BCUT2D eigenvalue weighted by Crippen LogP contribution is -2.14. The van der Waals surface area contributed by atoms with Crippen LogP contribution in [0, 0.1) is 6.92 Å². The minimum atomic E-state index is -0.444. The number of nitrogens with two attached hydrogens (primary N) is 1. The highest BCUT2D eigenvalue weighted by molar-refractivity contribution is 6.33. The average Bonchev–Trinajstić information content (AvgIpc) is 2.69. The lowest BCUT2D eigenvalue weighted by molar-refractivity contribution is 0.101. The van der Waals surface area contributed by atoms with Gasteiger partial charge in [0.15, 0.2) is 0 Å². The Morgan fingerprint density at radius 1 is 1.53 bits per heavy atom. The number of amides is 1. The maximum absolute atomic E-state index is 11.7. The molecule has 1 aromatic heterocycles. The number of H-pyrrole nitrogens is 1. The first-order chi connectivity index (χ1) is 8.06. The zero-order valence-electron chi connectivity index (χ0n) is 8.99. The molecule has 2 rings (SSSR count). The number of nitrogens with zero attached hydrogens (tertiary/aromatic N) is 2. The molecule has 0 radical (unpaired) electrons. The molecule has 0 fully saturated rings. The van der Waals surface area contributed by atoms with Crippen molar-refractivity contribution in [2.45, 2.75) is 6.92 Å². The van der Waals surface area contributed by atoms with Gasteiger partial charge >= 0.3 is 0 Å². The summed E-state index contributed by atoms with van der Waals surface area (Å²) in [6.45, 7) is 1.91. The Hall–Kier alpha value is -2.08. The van der Waals surface area contributed by atoms with Crippen molar-refractivity contribution in [1.29, 1.82) is 0 Å². The predicted molar refractivity (Wildman–Crippen MR) is 64.9 cm³/mol. The molecule has 6 nitrogen and oxygen atoms in total. The van der Waals surface area contributed by atoms with Gasteiger partial charge in [-0.25, -0.2) is 0 Å². The van der Waals surface area contributed by atoms with E-state index in [9.17, 15) is 4.79 Å². The van der Waals surface area contributed by atoms with Crippen LogP contribution in [-0.2, 0) is 0 Å². The maximum Gasteiger partial charge on any atom is 0.293 e. The van der Waals surface area contributed by atoms with Gasteiger partial charge in [0.25, 0.3) is 5.91 Å².